The Hall–Kier alpha value is -1.36. The van der Waals surface area contributed by atoms with Crippen molar-refractivity contribution in [3.05, 3.63) is 33.8 Å². The number of benzene rings is 1. The number of aliphatic carboxylic acids is 1. The Kier molecular flexibility index (Phi) is 6.40. The minimum absolute atomic E-state index is 0.0977. The van der Waals surface area contributed by atoms with Gasteiger partial charge in [-0.3, -0.25) is 9.59 Å². The van der Waals surface area contributed by atoms with Crippen LogP contribution < -0.4 is 5.32 Å². The highest BCUT2D eigenvalue weighted by Gasteiger charge is 2.19. The number of hydrogen-bond donors (Lipinski definition) is 2. The van der Waals surface area contributed by atoms with Crippen molar-refractivity contribution >= 4 is 27.8 Å². The van der Waals surface area contributed by atoms with Crippen molar-refractivity contribution < 1.29 is 14.7 Å². The van der Waals surface area contributed by atoms with Crippen LogP contribution in [0.3, 0.4) is 0 Å². The van der Waals surface area contributed by atoms with E-state index in [0.717, 1.165) is 16.5 Å². The number of carboxylic acids is 1. The fourth-order valence-electron chi connectivity index (χ4n) is 1.92. The van der Waals surface area contributed by atoms with Gasteiger partial charge in [-0.15, -0.1) is 0 Å². The lowest BCUT2D eigenvalue weighted by Crippen LogP contribution is -2.28. The number of nitrogens with one attached hydrogen (secondary N) is 1. The number of carbonyl (C=O) groups excluding carboxylic acids is 1. The molecular weight excluding hydrogens is 334 g/mol. The maximum atomic E-state index is 12.0. The first-order chi connectivity index (χ1) is 9.71. The predicted molar refractivity (Wildman–Crippen MR) is 86.5 cm³/mol. The highest BCUT2D eigenvalue weighted by molar-refractivity contribution is 9.10. The zero-order valence-corrected chi connectivity index (χ0v) is 14.3. The molecule has 0 aliphatic heterocycles. The minimum Gasteiger partial charge on any atom is -0.481 e. The van der Waals surface area contributed by atoms with Crippen molar-refractivity contribution in [3.8, 4) is 0 Å². The van der Waals surface area contributed by atoms with Gasteiger partial charge in [0.15, 0.2) is 0 Å². The van der Waals surface area contributed by atoms with Gasteiger partial charge in [-0.05, 0) is 42.9 Å². The lowest BCUT2D eigenvalue weighted by atomic mass is 9.84. The number of halogens is 1. The van der Waals surface area contributed by atoms with E-state index in [1.807, 2.05) is 26.8 Å². The molecule has 1 amide bonds. The molecule has 5 heteroatoms. The molecule has 0 aromatic heterocycles. The van der Waals surface area contributed by atoms with Crippen LogP contribution in [0.4, 0.5) is 0 Å². The number of carboxylic acid groups (broad SMARTS) is 1. The van der Waals surface area contributed by atoms with E-state index >= 15 is 0 Å². The molecule has 0 aliphatic carbocycles. The minimum atomic E-state index is -0.781. The Bertz CT molecular complexity index is 526. The quantitative estimate of drug-likeness (QED) is 0.782. The summed E-state index contributed by atoms with van der Waals surface area (Å²) in [6.07, 6.45) is 1.51. The van der Waals surface area contributed by atoms with Crippen LogP contribution in [0, 0.1) is 12.3 Å². The van der Waals surface area contributed by atoms with E-state index in [4.69, 9.17) is 5.11 Å². The Morgan fingerprint density at radius 2 is 1.95 bits per heavy atom. The lowest BCUT2D eigenvalue weighted by Gasteiger charge is -2.23. The smallest absolute Gasteiger partial charge is 0.303 e. The summed E-state index contributed by atoms with van der Waals surface area (Å²) in [6.45, 7) is 6.54. The molecule has 0 heterocycles. The summed E-state index contributed by atoms with van der Waals surface area (Å²) >= 11 is 3.41. The van der Waals surface area contributed by atoms with Crippen LogP contribution in [0.5, 0.6) is 0 Å². The molecule has 0 bridgehead atoms. The van der Waals surface area contributed by atoms with E-state index < -0.39 is 5.97 Å². The third kappa shape index (κ3) is 6.29. The maximum Gasteiger partial charge on any atom is 0.303 e. The van der Waals surface area contributed by atoms with Crippen LogP contribution in [-0.4, -0.2) is 23.5 Å². The largest absolute Gasteiger partial charge is 0.481 e. The van der Waals surface area contributed by atoms with Gasteiger partial charge in [0, 0.05) is 23.0 Å². The van der Waals surface area contributed by atoms with Crippen LogP contribution in [-0.2, 0) is 4.79 Å². The summed E-state index contributed by atoms with van der Waals surface area (Å²) in [5, 5.41) is 11.6. The van der Waals surface area contributed by atoms with Gasteiger partial charge in [0.05, 0.1) is 0 Å². The monoisotopic (exact) mass is 355 g/mol. The molecule has 116 valence electrons. The van der Waals surface area contributed by atoms with Gasteiger partial charge in [-0.2, -0.15) is 0 Å². The first kappa shape index (κ1) is 17.7. The van der Waals surface area contributed by atoms with Crippen molar-refractivity contribution in [3.63, 3.8) is 0 Å². The van der Waals surface area contributed by atoms with E-state index in [1.165, 1.54) is 0 Å². The van der Waals surface area contributed by atoms with Gasteiger partial charge in [-0.25, -0.2) is 0 Å². The van der Waals surface area contributed by atoms with Gasteiger partial charge in [0.2, 0.25) is 0 Å². The number of carbonyl (C=O) groups is 2. The van der Waals surface area contributed by atoms with Crippen LogP contribution in [0.2, 0.25) is 0 Å². The van der Waals surface area contributed by atoms with E-state index in [0.29, 0.717) is 18.5 Å². The Morgan fingerprint density at radius 3 is 2.52 bits per heavy atom. The molecule has 0 unspecified atom stereocenters. The number of rotatable bonds is 7. The summed E-state index contributed by atoms with van der Waals surface area (Å²) < 4.78 is 0.914. The molecule has 0 spiro atoms. The van der Waals surface area contributed by atoms with E-state index in [1.54, 1.807) is 12.1 Å². The van der Waals surface area contributed by atoms with E-state index in [2.05, 4.69) is 21.2 Å². The van der Waals surface area contributed by atoms with Gasteiger partial charge >= 0.3 is 5.97 Å². The first-order valence-corrected chi connectivity index (χ1v) is 7.77. The molecule has 0 fully saturated rings. The summed E-state index contributed by atoms with van der Waals surface area (Å²) in [4.78, 5) is 22.6. The highest BCUT2D eigenvalue weighted by Crippen LogP contribution is 2.26. The third-order valence-electron chi connectivity index (χ3n) is 3.54. The molecule has 1 aromatic carbocycles. The number of aryl methyl sites for hydroxylation is 1. The molecule has 0 radical (unpaired) electrons. The number of amides is 1. The second kappa shape index (κ2) is 7.59. The Balaban J connectivity index is 2.46. The lowest BCUT2D eigenvalue weighted by molar-refractivity contribution is -0.137. The number of hydrogen-bond acceptors (Lipinski definition) is 2. The molecule has 2 N–H and O–H groups in total. The van der Waals surface area contributed by atoms with Crippen LogP contribution in [0.25, 0.3) is 0 Å². The molecule has 0 atom stereocenters. The molecular formula is C16H22BrNO3. The average Bonchev–Trinajstić information content (AvgIpc) is 2.39. The van der Waals surface area contributed by atoms with Crippen molar-refractivity contribution in [1.82, 2.24) is 5.32 Å². The summed E-state index contributed by atoms with van der Waals surface area (Å²) in [7, 11) is 0. The zero-order valence-electron chi connectivity index (χ0n) is 12.7. The van der Waals surface area contributed by atoms with Gasteiger partial charge < -0.3 is 10.4 Å². The van der Waals surface area contributed by atoms with Crippen molar-refractivity contribution in [2.75, 3.05) is 6.54 Å². The van der Waals surface area contributed by atoms with E-state index in [-0.39, 0.29) is 17.7 Å². The molecule has 0 saturated heterocycles. The van der Waals surface area contributed by atoms with Crippen molar-refractivity contribution in [2.24, 2.45) is 5.41 Å². The second-order valence-electron chi connectivity index (χ2n) is 6.03. The molecule has 1 aromatic rings. The summed E-state index contributed by atoms with van der Waals surface area (Å²) in [6, 6.07) is 5.50. The standard InChI is InChI=1S/C16H22BrNO3/c1-11-4-5-12(10-13(11)17)15(21)18-9-8-16(2,3)7-6-14(19)20/h4-5,10H,6-9H2,1-3H3,(H,18,21)(H,19,20). The topological polar surface area (TPSA) is 66.4 Å². The zero-order chi connectivity index (χ0) is 16.0. The Labute approximate surface area is 134 Å². The van der Waals surface area contributed by atoms with Gasteiger partial charge in [0.25, 0.3) is 5.91 Å². The predicted octanol–water partition coefficient (Wildman–Crippen LogP) is 3.77. The fourth-order valence-corrected chi connectivity index (χ4v) is 2.30. The van der Waals surface area contributed by atoms with Gasteiger partial charge in [-0.1, -0.05) is 35.8 Å². The second-order valence-corrected chi connectivity index (χ2v) is 6.88. The van der Waals surface area contributed by atoms with Crippen LogP contribution in [0.15, 0.2) is 22.7 Å². The van der Waals surface area contributed by atoms with Crippen LogP contribution >= 0.6 is 15.9 Å². The Morgan fingerprint density at radius 1 is 1.29 bits per heavy atom. The fraction of sp³-hybridized carbons (Fsp3) is 0.500. The van der Waals surface area contributed by atoms with Crippen molar-refractivity contribution in [2.45, 2.75) is 40.0 Å². The molecule has 4 nitrogen and oxygen atoms in total. The van der Waals surface area contributed by atoms with Crippen molar-refractivity contribution in [1.29, 1.82) is 0 Å². The molecule has 0 saturated carbocycles. The average molecular weight is 356 g/mol. The van der Waals surface area contributed by atoms with E-state index in [9.17, 15) is 9.59 Å². The maximum absolute atomic E-state index is 12.0. The summed E-state index contributed by atoms with van der Waals surface area (Å²) in [5.74, 6) is -0.888. The van der Waals surface area contributed by atoms with Crippen LogP contribution in [0.1, 0.15) is 49.0 Å². The SMILES string of the molecule is Cc1ccc(C(=O)NCCC(C)(C)CCC(=O)O)cc1Br. The summed E-state index contributed by atoms with van der Waals surface area (Å²) in [5.41, 5.74) is 1.61. The third-order valence-corrected chi connectivity index (χ3v) is 4.39. The van der Waals surface area contributed by atoms with Gasteiger partial charge in [0.1, 0.15) is 0 Å². The highest BCUT2D eigenvalue weighted by atomic mass is 79.9. The molecule has 0 aliphatic rings. The normalized spacial score (nSPS) is 11.2. The molecule has 1 rings (SSSR count). The first-order valence-electron chi connectivity index (χ1n) is 6.97. The molecule has 21 heavy (non-hydrogen) atoms.